The predicted molar refractivity (Wildman–Crippen MR) is 324 cm³/mol. The number of amides is 3. The number of rotatable bonds is 2. The lowest BCUT2D eigenvalue weighted by atomic mass is 10.1. The van der Waals surface area contributed by atoms with Crippen molar-refractivity contribution in [1.29, 1.82) is 0 Å². The van der Waals surface area contributed by atoms with E-state index in [1.54, 1.807) is 55.3 Å². The number of nitrogens with zero attached hydrogens (tertiary/aromatic N) is 7. The van der Waals surface area contributed by atoms with Gasteiger partial charge in [0.25, 0.3) is 16.9 Å². The second kappa shape index (κ2) is 40.8. The van der Waals surface area contributed by atoms with Gasteiger partial charge in [0, 0.05) is 88.8 Å². The first-order chi connectivity index (χ1) is 39.8. The Hall–Kier alpha value is -6.88. The number of carbonyl (C=O) groups excluding carboxylic acids is 3. The van der Waals surface area contributed by atoms with Crippen molar-refractivity contribution in [2.75, 3.05) is 20.6 Å². The third-order valence-electron chi connectivity index (χ3n) is 11.3. The van der Waals surface area contributed by atoms with E-state index in [0.717, 1.165) is 51.3 Å². The van der Waals surface area contributed by atoms with Crippen LogP contribution in [0.4, 0.5) is 68.5 Å². The standard InChI is InChI=1S/C8H6F4.C8H7N3O.C7H3Cl5.2C7H7NO2.C5H7NO2.C5H9NO.C4H4F6.C3H5F3.3CH4/c1-3-5(9)4(2)7(11)8(12)6(3)10;1-11-8(12)6-4-2-3-5-7(6)9-10-11;1-2-3(8)5(10)7(12)6(11)4(2)9;1-6-2-4-7(5-3-6)8(9)10;1-6-3-2-4-7(5-6)8(9)10;1-6-4(7)2-3-5(6)8;1-6-4-2-3-5(6)7;1-2(3(5,6)7)4(8,9)10;1-2-3(4,5)6;;;/h1-2H3;2-5H,1H3;1H3;2*2-5H,1H3;2-3H2,1H3;2-4H2,1H3;2H,1H3;2H2,1H3;3*1H4. The normalized spacial score (nSPS) is 12.1. The van der Waals surface area contributed by atoms with Crippen LogP contribution in [0.15, 0.2) is 77.6 Å². The fourth-order valence-electron chi connectivity index (χ4n) is 5.75. The molecule has 0 atom stereocenters. The number of non-ortho nitro benzene ring substituents is 2. The molecule has 2 fully saturated rings. The molecule has 6 aromatic rings. The minimum atomic E-state index is -5.18. The zero-order valence-electron chi connectivity index (χ0n) is 47.4. The van der Waals surface area contributed by atoms with Crippen LogP contribution in [-0.4, -0.2) is 91.5 Å². The first-order valence-corrected chi connectivity index (χ1v) is 26.5. The van der Waals surface area contributed by atoms with Gasteiger partial charge >= 0.3 is 18.5 Å². The highest BCUT2D eigenvalue weighted by Crippen LogP contribution is 2.43. The van der Waals surface area contributed by atoms with Crippen LogP contribution in [0, 0.1) is 84.0 Å². The fourth-order valence-corrected chi connectivity index (χ4v) is 6.98. The first-order valence-electron chi connectivity index (χ1n) is 24.6. The topological polar surface area (TPSA) is 192 Å². The van der Waals surface area contributed by atoms with Crippen LogP contribution < -0.4 is 5.56 Å². The van der Waals surface area contributed by atoms with E-state index in [1.165, 1.54) is 34.8 Å². The van der Waals surface area contributed by atoms with Crippen LogP contribution in [0.25, 0.3) is 10.9 Å². The summed E-state index contributed by atoms with van der Waals surface area (Å²) in [5, 5.41) is 29.8. The zero-order chi connectivity index (χ0) is 67.8. The van der Waals surface area contributed by atoms with Gasteiger partial charge in [-0.3, -0.25) is 44.3 Å². The highest BCUT2D eigenvalue weighted by Gasteiger charge is 2.53. The number of alkyl halides is 9. The molecule has 33 heteroatoms. The number of nitro groups is 2. The van der Waals surface area contributed by atoms with Crippen LogP contribution in [0.3, 0.4) is 0 Å². The lowest BCUT2D eigenvalue weighted by Crippen LogP contribution is -2.33. The van der Waals surface area contributed by atoms with Crippen molar-refractivity contribution in [2.24, 2.45) is 13.0 Å². The van der Waals surface area contributed by atoms with Gasteiger partial charge in [-0.2, -0.15) is 39.5 Å². The molecule has 3 amide bonds. The molecule has 0 N–H and O–H groups in total. The third-order valence-corrected chi connectivity index (χ3v) is 13.8. The molecule has 1 aromatic heterocycles. The highest BCUT2D eigenvalue weighted by atomic mass is 35.5. The van der Waals surface area contributed by atoms with Gasteiger partial charge in [-0.15, -0.1) is 5.10 Å². The Balaban J connectivity index is -0.000000464. The van der Waals surface area contributed by atoms with Gasteiger partial charge in [0.1, 0.15) is 17.3 Å². The van der Waals surface area contributed by atoms with E-state index in [1.807, 2.05) is 39.1 Å². The summed E-state index contributed by atoms with van der Waals surface area (Å²) in [5.41, 5.74) is 2.42. The maximum Gasteiger partial charge on any atom is 0.400 e. The molecule has 3 heterocycles. The molecule has 0 unspecified atom stereocenters. The molecule has 90 heavy (non-hydrogen) atoms. The SMILES string of the molecule is C.C.C.CC(C(F)(F)F)C(F)(F)F.CCC(F)(F)F.CN1C(=O)CCC1=O.CN1CCCC1=O.Cc1c(Cl)c(Cl)c(Cl)c(Cl)c1Cl.Cc1c(F)c(C)c(F)c(F)c1F.Cc1ccc([N+](=O)[O-])cc1.Cc1cccc([N+](=O)[O-])c1.Cn1nnc2ccccc2c1=O. The number of likely N-dealkylation sites (tertiary alicyclic amines) is 2. The van der Waals surface area contributed by atoms with Crippen molar-refractivity contribution < 1.29 is 81.3 Å². The Kier molecular flexibility index (Phi) is 40.6. The quantitative estimate of drug-likeness (QED) is 0.0402. The molecule has 0 saturated carbocycles. The minimum absolute atomic E-state index is 0. The predicted octanol–water partition coefficient (Wildman–Crippen LogP) is 18.9. The van der Waals surface area contributed by atoms with Gasteiger partial charge in [-0.25, -0.2) is 22.2 Å². The van der Waals surface area contributed by atoms with E-state index < -0.39 is 75.1 Å². The van der Waals surface area contributed by atoms with E-state index >= 15 is 0 Å². The summed E-state index contributed by atoms with van der Waals surface area (Å²) in [6, 6.07) is 20.1. The maximum atomic E-state index is 12.8. The number of carbonyl (C=O) groups is 3. The molecule has 0 spiro atoms. The molecule has 2 saturated heterocycles. The Bertz CT molecular complexity index is 3070. The molecule has 5 aromatic carbocycles. The van der Waals surface area contributed by atoms with Crippen LogP contribution in [0.5, 0.6) is 0 Å². The molecule has 15 nitrogen and oxygen atoms in total. The second-order valence-electron chi connectivity index (χ2n) is 18.0. The number of halogens is 18. The van der Waals surface area contributed by atoms with Crippen LogP contribution >= 0.6 is 58.0 Å². The summed E-state index contributed by atoms with van der Waals surface area (Å²) < 4.78 is 151. The Morgan fingerprint density at radius 2 is 0.978 bits per heavy atom. The van der Waals surface area contributed by atoms with Gasteiger partial charge in [0.15, 0.2) is 17.5 Å². The number of imide groups is 1. The molecule has 504 valence electrons. The molecule has 2 aliphatic rings. The van der Waals surface area contributed by atoms with E-state index in [4.69, 9.17) is 58.0 Å². The summed E-state index contributed by atoms with van der Waals surface area (Å²) in [4.78, 5) is 65.3. The number of benzene rings is 5. The van der Waals surface area contributed by atoms with Crippen molar-refractivity contribution in [3.8, 4) is 0 Å². The summed E-state index contributed by atoms with van der Waals surface area (Å²) in [6.45, 7) is 9.68. The monoisotopic (exact) mass is 1400 g/mol. The van der Waals surface area contributed by atoms with Gasteiger partial charge in [-0.1, -0.05) is 134 Å². The van der Waals surface area contributed by atoms with Crippen LogP contribution in [0.2, 0.25) is 25.1 Å². The van der Waals surface area contributed by atoms with Crippen molar-refractivity contribution >= 4 is 98.0 Å². The van der Waals surface area contributed by atoms with E-state index in [2.05, 4.69) is 10.3 Å². The van der Waals surface area contributed by atoms with E-state index in [9.17, 15) is 96.5 Å². The largest absolute Gasteiger partial charge is 0.400 e. The maximum absolute atomic E-state index is 12.8. The Morgan fingerprint density at radius 3 is 1.29 bits per heavy atom. The number of hydrogen-bond acceptors (Lipinski definition) is 10. The van der Waals surface area contributed by atoms with Gasteiger partial charge in [0.2, 0.25) is 17.7 Å². The Morgan fingerprint density at radius 1 is 0.556 bits per heavy atom. The number of hydrogen-bond donors (Lipinski definition) is 0. The third kappa shape index (κ3) is 30.3. The summed E-state index contributed by atoms with van der Waals surface area (Å²) in [7, 11) is 4.94. The highest BCUT2D eigenvalue weighted by molar-refractivity contribution is 6.55. The average molecular weight is 1400 g/mol. The summed E-state index contributed by atoms with van der Waals surface area (Å²) in [6.07, 6.45) is -12.4. The number of fused-ring (bicyclic) bond motifs is 1. The lowest BCUT2D eigenvalue weighted by Gasteiger charge is -2.17. The number of aryl methyl sites for hydroxylation is 3. The average Bonchev–Trinajstić information content (AvgIpc) is 1.12. The molecule has 0 bridgehead atoms. The van der Waals surface area contributed by atoms with Crippen LogP contribution in [-0.2, 0) is 21.4 Å². The van der Waals surface area contributed by atoms with Gasteiger partial charge < -0.3 is 4.90 Å². The zero-order valence-corrected chi connectivity index (χ0v) is 51.2. The summed E-state index contributed by atoms with van der Waals surface area (Å²) in [5.74, 6) is -8.64. The molecule has 0 aliphatic carbocycles. The van der Waals surface area contributed by atoms with Gasteiger partial charge in [0.05, 0.1) is 40.3 Å². The minimum Gasteiger partial charge on any atom is -0.346 e. The van der Waals surface area contributed by atoms with Crippen molar-refractivity contribution in [3.05, 3.63) is 180 Å². The van der Waals surface area contributed by atoms with Crippen molar-refractivity contribution in [1.82, 2.24) is 24.8 Å². The molecule has 0 radical (unpaired) electrons. The van der Waals surface area contributed by atoms with Crippen molar-refractivity contribution in [2.45, 2.75) is 121 Å². The first kappa shape index (κ1) is 89.5. The summed E-state index contributed by atoms with van der Waals surface area (Å²) >= 11 is 28.8. The molecule has 2 aliphatic heterocycles. The van der Waals surface area contributed by atoms with Crippen molar-refractivity contribution in [3.63, 3.8) is 0 Å². The second-order valence-corrected chi connectivity index (χ2v) is 19.9. The molecular formula is C57H67Cl5F13N7O8. The van der Waals surface area contributed by atoms with Crippen LogP contribution in [0.1, 0.15) is 96.0 Å². The van der Waals surface area contributed by atoms with E-state index in [-0.39, 0.29) is 73.0 Å². The Labute approximate surface area is 536 Å². The molecular weight excluding hydrogens is 1330 g/mol. The lowest BCUT2D eigenvalue weighted by molar-refractivity contribution is -0.385. The fraction of sp³-hybridized carbons (Fsp3) is 0.404. The number of nitro benzene ring substituents is 2. The number of aromatic nitrogens is 3. The molecule has 8 rings (SSSR count). The van der Waals surface area contributed by atoms with Gasteiger partial charge in [-0.05, 0) is 71.2 Å². The smallest absolute Gasteiger partial charge is 0.346 e. The van der Waals surface area contributed by atoms with E-state index in [0.29, 0.717) is 45.3 Å².